The van der Waals surface area contributed by atoms with Crippen molar-refractivity contribution in [3.8, 4) is 11.5 Å². The largest absolute Gasteiger partial charge is 0.508 e. The molecule has 0 unspecified atom stereocenters. The second-order valence-electron chi connectivity index (χ2n) is 4.90. The van der Waals surface area contributed by atoms with Crippen LogP contribution in [0, 0.1) is 5.82 Å². The number of benzene rings is 2. The summed E-state index contributed by atoms with van der Waals surface area (Å²) in [6, 6.07) is 11.3. The molecule has 2 aromatic rings. The van der Waals surface area contributed by atoms with Gasteiger partial charge >= 0.3 is 0 Å². The van der Waals surface area contributed by atoms with Crippen LogP contribution in [0.15, 0.2) is 47.5 Å². The number of aliphatic imine (C=N–C) groups is 1. The van der Waals surface area contributed by atoms with E-state index in [1.54, 1.807) is 44.5 Å². The number of nitrogens with zero attached hydrogens (tertiary/aromatic N) is 1. The lowest BCUT2D eigenvalue weighted by atomic mass is 10.2. The monoisotopic (exact) mass is 317 g/mol. The Bertz CT molecular complexity index is 672. The van der Waals surface area contributed by atoms with Gasteiger partial charge in [0.2, 0.25) is 0 Å². The Balaban J connectivity index is 1.91. The molecular formula is C17H20FN3O2. The summed E-state index contributed by atoms with van der Waals surface area (Å²) < 4.78 is 18.0. The van der Waals surface area contributed by atoms with Gasteiger partial charge in [-0.05, 0) is 35.9 Å². The van der Waals surface area contributed by atoms with Crippen LogP contribution in [0.5, 0.6) is 11.5 Å². The van der Waals surface area contributed by atoms with Crippen LogP contribution in [-0.4, -0.2) is 25.2 Å². The van der Waals surface area contributed by atoms with Crippen molar-refractivity contribution in [3.63, 3.8) is 0 Å². The van der Waals surface area contributed by atoms with E-state index in [1.807, 2.05) is 0 Å². The first-order valence-corrected chi connectivity index (χ1v) is 7.17. The van der Waals surface area contributed by atoms with Gasteiger partial charge in [0.1, 0.15) is 17.3 Å². The first-order valence-electron chi connectivity index (χ1n) is 7.17. The predicted octanol–water partition coefficient (Wildman–Crippen LogP) is 2.41. The maximum Gasteiger partial charge on any atom is 0.191 e. The van der Waals surface area contributed by atoms with Crippen LogP contribution in [0.4, 0.5) is 4.39 Å². The zero-order valence-electron chi connectivity index (χ0n) is 13.1. The molecule has 0 aliphatic heterocycles. The molecule has 0 amide bonds. The molecule has 23 heavy (non-hydrogen) atoms. The smallest absolute Gasteiger partial charge is 0.191 e. The topological polar surface area (TPSA) is 65.9 Å². The SMILES string of the molecule is CN=C(NCc1ccc(F)cc1)NCc1cc(OC)ccc1O. The van der Waals surface area contributed by atoms with E-state index in [0.29, 0.717) is 30.4 Å². The number of ether oxygens (including phenoxy) is 1. The quantitative estimate of drug-likeness (QED) is 0.585. The van der Waals surface area contributed by atoms with E-state index in [-0.39, 0.29) is 11.6 Å². The molecule has 0 atom stereocenters. The van der Waals surface area contributed by atoms with Gasteiger partial charge in [0.05, 0.1) is 7.11 Å². The van der Waals surface area contributed by atoms with Gasteiger partial charge in [0, 0.05) is 25.7 Å². The highest BCUT2D eigenvalue weighted by atomic mass is 19.1. The fourth-order valence-corrected chi connectivity index (χ4v) is 2.02. The van der Waals surface area contributed by atoms with Gasteiger partial charge in [-0.15, -0.1) is 0 Å². The molecular weight excluding hydrogens is 297 g/mol. The van der Waals surface area contributed by atoms with Crippen LogP contribution < -0.4 is 15.4 Å². The number of hydrogen-bond donors (Lipinski definition) is 3. The van der Waals surface area contributed by atoms with E-state index in [2.05, 4.69) is 15.6 Å². The summed E-state index contributed by atoms with van der Waals surface area (Å²) in [5.41, 5.74) is 1.65. The number of halogens is 1. The minimum absolute atomic E-state index is 0.187. The fourth-order valence-electron chi connectivity index (χ4n) is 2.02. The molecule has 0 saturated heterocycles. The van der Waals surface area contributed by atoms with Crippen LogP contribution in [0.25, 0.3) is 0 Å². The van der Waals surface area contributed by atoms with Crippen LogP contribution in [0.3, 0.4) is 0 Å². The number of guanidine groups is 1. The van der Waals surface area contributed by atoms with Gasteiger partial charge in [-0.1, -0.05) is 12.1 Å². The molecule has 122 valence electrons. The molecule has 0 heterocycles. The van der Waals surface area contributed by atoms with Gasteiger partial charge in [-0.25, -0.2) is 4.39 Å². The molecule has 0 saturated carbocycles. The number of phenols is 1. The third kappa shape index (κ3) is 4.88. The third-order valence-corrected chi connectivity index (χ3v) is 3.33. The Labute approximate surface area is 134 Å². The van der Waals surface area contributed by atoms with Crippen LogP contribution >= 0.6 is 0 Å². The molecule has 0 bridgehead atoms. The second kappa shape index (κ2) is 8.03. The number of hydrogen-bond acceptors (Lipinski definition) is 3. The average Bonchev–Trinajstić information content (AvgIpc) is 2.58. The van der Waals surface area contributed by atoms with Crippen molar-refractivity contribution < 1.29 is 14.2 Å². The Kier molecular flexibility index (Phi) is 5.80. The summed E-state index contributed by atoms with van der Waals surface area (Å²) in [6.07, 6.45) is 0. The molecule has 5 nitrogen and oxygen atoms in total. The molecule has 2 rings (SSSR count). The van der Waals surface area contributed by atoms with E-state index in [4.69, 9.17) is 4.74 Å². The highest BCUT2D eigenvalue weighted by Crippen LogP contribution is 2.22. The predicted molar refractivity (Wildman–Crippen MR) is 88.1 cm³/mol. The van der Waals surface area contributed by atoms with Crippen molar-refractivity contribution in [2.45, 2.75) is 13.1 Å². The molecule has 6 heteroatoms. The van der Waals surface area contributed by atoms with E-state index in [9.17, 15) is 9.50 Å². The van der Waals surface area contributed by atoms with Crippen LogP contribution in [0.2, 0.25) is 0 Å². The van der Waals surface area contributed by atoms with E-state index in [0.717, 1.165) is 5.56 Å². The number of rotatable bonds is 5. The molecule has 0 aliphatic carbocycles. The number of phenolic OH excluding ortho intramolecular Hbond substituents is 1. The van der Waals surface area contributed by atoms with E-state index in [1.165, 1.54) is 12.1 Å². The highest BCUT2D eigenvalue weighted by Gasteiger charge is 2.05. The summed E-state index contributed by atoms with van der Waals surface area (Å²) in [4.78, 5) is 4.12. The Morgan fingerprint density at radius 2 is 1.83 bits per heavy atom. The summed E-state index contributed by atoms with van der Waals surface area (Å²) in [5, 5.41) is 16.1. The van der Waals surface area contributed by atoms with E-state index < -0.39 is 0 Å². The van der Waals surface area contributed by atoms with Gasteiger partial charge in [-0.3, -0.25) is 4.99 Å². The number of methoxy groups -OCH3 is 1. The molecule has 0 radical (unpaired) electrons. The third-order valence-electron chi connectivity index (χ3n) is 3.33. The van der Waals surface area contributed by atoms with Crippen molar-refractivity contribution >= 4 is 5.96 Å². The Hall–Kier alpha value is -2.76. The summed E-state index contributed by atoms with van der Waals surface area (Å²) in [5.74, 6) is 1.18. The van der Waals surface area contributed by atoms with Gasteiger partial charge in [0.25, 0.3) is 0 Å². The lowest BCUT2D eigenvalue weighted by Crippen LogP contribution is -2.36. The zero-order valence-corrected chi connectivity index (χ0v) is 13.1. The van der Waals surface area contributed by atoms with Gasteiger partial charge in [0.15, 0.2) is 5.96 Å². The standard InChI is InChI=1S/C17H20FN3O2/c1-19-17(20-10-12-3-5-14(18)6-4-12)21-11-13-9-15(23-2)7-8-16(13)22/h3-9,22H,10-11H2,1-2H3,(H2,19,20,21). The normalized spacial score (nSPS) is 11.2. The number of nitrogens with one attached hydrogen (secondary N) is 2. The first kappa shape index (κ1) is 16.6. The molecule has 2 aromatic carbocycles. The van der Waals surface area contributed by atoms with E-state index >= 15 is 0 Å². The lowest BCUT2D eigenvalue weighted by molar-refractivity contribution is 0.410. The average molecular weight is 317 g/mol. The highest BCUT2D eigenvalue weighted by molar-refractivity contribution is 5.79. The van der Waals surface area contributed by atoms with Crippen molar-refractivity contribution in [1.82, 2.24) is 10.6 Å². The Morgan fingerprint density at radius 1 is 1.13 bits per heavy atom. The van der Waals surface area contributed by atoms with Crippen LogP contribution in [-0.2, 0) is 13.1 Å². The molecule has 3 N–H and O–H groups in total. The van der Waals surface area contributed by atoms with Crippen molar-refractivity contribution in [1.29, 1.82) is 0 Å². The second-order valence-corrected chi connectivity index (χ2v) is 4.90. The minimum atomic E-state index is -0.259. The summed E-state index contributed by atoms with van der Waals surface area (Å²) >= 11 is 0. The zero-order chi connectivity index (χ0) is 16.7. The fraction of sp³-hybridized carbons (Fsp3) is 0.235. The maximum atomic E-state index is 12.9. The van der Waals surface area contributed by atoms with Crippen molar-refractivity contribution in [3.05, 3.63) is 59.4 Å². The summed E-state index contributed by atoms with van der Waals surface area (Å²) in [7, 11) is 3.23. The Morgan fingerprint density at radius 3 is 2.48 bits per heavy atom. The van der Waals surface area contributed by atoms with Gasteiger partial charge < -0.3 is 20.5 Å². The van der Waals surface area contributed by atoms with Crippen molar-refractivity contribution in [2.24, 2.45) is 4.99 Å². The summed E-state index contributed by atoms with van der Waals surface area (Å²) in [6.45, 7) is 0.913. The molecule has 0 spiro atoms. The van der Waals surface area contributed by atoms with Crippen molar-refractivity contribution in [2.75, 3.05) is 14.2 Å². The minimum Gasteiger partial charge on any atom is -0.508 e. The molecule has 0 aliphatic rings. The first-order chi connectivity index (χ1) is 11.1. The maximum absolute atomic E-state index is 12.9. The molecule has 0 fully saturated rings. The molecule has 0 aromatic heterocycles. The van der Waals surface area contributed by atoms with Gasteiger partial charge in [-0.2, -0.15) is 0 Å². The number of aromatic hydroxyl groups is 1. The lowest BCUT2D eigenvalue weighted by Gasteiger charge is -2.13. The van der Waals surface area contributed by atoms with Crippen LogP contribution in [0.1, 0.15) is 11.1 Å².